The van der Waals surface area contributed by atoms with Gasteiger partial charge in [0.2, 0.25) is 5.88 Å². The fraction of sp³-hybridized carbons (Fsp3) is 0.292. The molecule has 2 N–H and O–H groups in total. The van der Waals surface area contributed by atoms with E-state index in [0.29, 0.717) is 23.8 Å². The van der Waals surface area contributed by atoms with Crippen molar-refractivity contribution < 1.29 is 17.9 Å². The van der Waals surface area contributed by atoms with E-state index in [2.05, 4.69) is 20.0 Å². The number of pyridine rings is 2. The number of sulfonamides is 1. The molecular formula is C24H27N5O4S. The maximum atomic E-state index is 12.9. The molecule has 4 rings (SSSR count). The van der Waals surface area contributed by atoms with Crippen molar-refractivity contribution in [3.8, 4) is 17.0 Å². The fourth-order valence-electron chi connectivity index (χ4n) is 4.09. The van der Waals surface area contributed by atoms with Crippen molar-refractivity contribution in [2.75, 3.05) is 26.5 Å². The van der Waals surface area contributed by atoms with Gasteiger partial charge in [-0.2, -0.15) is 0 Å². The molecule has 34 heavy (non-hydrogen) atoms. The van der Waals surface area contributed by atoms with Gasteiger partial charge in [0.05, 0.1) is 23.4 Å². The number of benzene rings is 1. The predicted octanol–water partition coefficient (Wildman–Crippen LogP) is 3.21. The molecule has 0 saturated heterocycles. The van der Waals surface area contributed by atoms with Crippen LogP contribution in [0.5, 0.6) is 5.88 Å². The molecule has 2 aromatic heterocycles. The Morgan fingerprint density at radius 1 is 1.09 bits per heavy atom. The Hall–Kier alpha value is -3.50. The second-order valence-electron chi connectivity index (χ2n) is 8.35. The van der Waals surface area contributed by atoms with Crippen molar-refractivity contribution >= 4 is 21.7 Å². The number of nitrogens with zero attached hydrogens (tertiary/aromatic N) is 3. The van der Waals surface area contributed by atoms with Gasteiger partial charge in [-0.05, 0) is 68.2 Å². The van der Waals surface area contributed by atoms with Gasteiger partial charge in [-0.3, -0.25) is 4.98 Å². The van der Waals surface area contributed by atoms with E-state index in [4.69, 9.17) is 4.74 Å². The number of hydrogen-bond acceptors (Lipinski definition) is 7. The van der Waals surface area contributed by atoms with Crippen LogP contribution in [0.2, 0.25) is 0 Å². The predicted molar refractivity (Wildman–Crippen MR) is 129 cm³/mol. The van der Waals surface area contributed by atoms with Crippen LogP contribution in [0.4, 0.5) is 10.5 Å². The van der Waals surface area contributed by atoms with E-state index in [9.17, 15) is 13.2 Å². The first-order chi connectivity index (χ1) is 16.3. The van der Waals surface area contributed by atoms with E-state index < -0.39 is 16.1 Å². The molecule has 0 spiro atoms. The van der Waals surface area contributed by atoms with Crippen molar-refractivity contribution in [3.63, 3.8) is 0 Å². The summed E-state index contributed by atoms with van der Waals surface area (Å²) in [5, 5.41) is 2.81. The zero-order valence-corrected chi connectivity index (χ0v) is 20.1. The largest absolute Gasteiger partial charge is 0.481 e. The molecule has 0 bridgehead atoms. The highest BCUT2D eigenvalue weighted by Crippen LogP contribution is 2.38. The third kappa shape index (κ3) is 5.18. The molecule has 178 valence electrons. The smallest absolute Gasteiger partial charge is 0.333 e. The number of methoxy groups -OCH3 is 1. The normalized spacial score (nSPS) is 12.9. The first-order valence-electron chi connectivity index (χ1n) is 10.9. The second kappa shape index (κ2) is 9.78. The maximum Gasteiger partial charge on any atom is 0.333 e. The second-order valence-corrected chi connectivity index (χ2v) is 10.0. The van der Waals surface area contributed by atoms with E-state index in [0.717, 1.165) is 41.5 Å². The van der Waals surface area contributed by atoms with Crippen LogP contribution in [0.3, 0.4) is 0 Å². The molecule has 0 aliphatic heterocycles. The molecule has 1 aliphatic carbocycles. The van der Waals surface area contributed by atoms with Gasteiger partial charge in [0.1, 0.15) is 0 Å². The number of hydrogen-bond donors (Lipinski definition) is 2. The number of fused-ring (bicyclic) bond motifs is 1. The van der Waals surface area contributed by atoms with Crippen LogP contribution in [0.15, 0.2) is 53.7 Å². The number of anilines is 1. The Morgan fingerprint density at radius 2 is 1.88 bits per heavy atom. The first-order valence-corrected chi connectivity index (χ1v) is 12.3. The lowest BCUT2D eigenvalue weighted by atomic mass is 9.98. The minimum atomic E-state index is -4.09. The van der Waals surface area contributed by atoms with Gasteiger partial charge in [-0.25, -0.2) is 22.9 Å². The molecule has 9 nitrogen and oxygen atoms in total. The molecule has 0 radical (unpaired) electrons. The Bertz CT molecular complexity index is 1320. The molecular weight excluding hydrogens is 454 g/mol. The van der Waals surface area contributed by atoms with E-state index in [1.165, 1.54) is 25.4 Å². The molecule has 1 aromatic carbocycles. The minimum absolute atomic E-state index is 0.0214. The van der Waals surface area contributed by atoms with Gasteiger partial charge in [-0.15, -0.1) is 0 Å². The molecule has 3 aromatic rings. The molecule has 0 unspecified atom stereocenters. The van der Waals surface area contributed by atoms with Crippen LogP contribution in [0.25, 0.3) is 11.1 Å². The molecule has 0 atom stereocenters. The van der Waals surface area contributed by atoms with Gasteiger partial charge < -0.3 is 15.0 Å². The Morgan fingerprint density at radius 3 is 2.65 bits per heavy atom. The van der Waals surface area contributed by atoms with Crippen molar-refractivity contribution in [3.05, 3.63) is 65.6 Å². The Balaban J connectivity index is 1.62. The summed E-state index contributed by atoms with van der Waals surface area (Å²) >= 11 is 0. The summed E-state index contributed by atoms with van der Waals surface area (Å²) in [6.07, 6.45) is 5.73. The minimum Gasteiger partial charge on any atom is -0.481 e. The topological polar surface area (TPSA) is 114 Å². The SMILES string of the molecule is COc1cc(-c2ccc3c(c2NC(=O)NS(=O)(=O)c2ccnc(CN(C)C)c2)CCC3)ccn1. The number of ether oxygens (including phenoxy) is 1. The van der Waals surface area contributed by atoms with Crippen LogP contribution in [0.1, 0.15) is 23.2 Å². The van der Waals surface area contributed by atoms with Crippen LogP contribution in [-0.4, -0.2) is 50.5 Å². The summed E-state index contributed by atoms with van der Waals surface area (Å²) in [7, 11) is 1.17. The quantitative estimate of drug-likeness (QED) is 0.533. The lowest BCUT2D eigenvalue weighted by Gasteiger charge is -2.17. The highest BCUT2D eigenvalue weighted by atomic mass is 32.2. The summed E-state index contributed by atoms with van der Waals surface area (Å²) in [5.74, 6) is 0.446. The average Bonchev–Trinajstić information content (AvgIpc) is 3.28. The van der Waals surface area contributed by atoms with E-state index in [1.807, 2.05) is 37.2 Å². The number of amides is 2. The maximum absolute atomic E-state index is 12.9. The van der Waals surface area contributed by atoms with Crippen LogP contribution >= 0.6 is 0 Å². The van der Waals surface area contributed by atoms with E-state index in [-0.39, 0.29) is 4.90 Å². The van der Waals surface area contributed by atoms with Crippen LogP contribution in [0, 0.1) is 0 Å². The molecule has 0 fully saturated rings. The van der Waals surface area contributed by atoms with Gasteiger partial charge >= 0.3 is 6.03 Å². The van der Waals surface area contributed by atoms with Gasteiger partial charge in [-0.1, -0.05) is 12.1 Å². The third-order valence-electron chi connectivity index (χ3n) is 5.58. The first kappa shape index (κ1) is 23.7. The van der Waals surface area contributed by atoms with Gasteiger partial charge in [0, 0.05) is 30.6 Å². The molecule has 2 heterocycles. The summed E-state index contributed by atoms with van der Waals surface area (Å²) in [6, 6.07) is 9.58. The number of urea groups is 1. The van der Waals surface area contributed by atoms with Crippen molar-refractivity contribution in [2.24, 2.45) is 0 Å². The summed E-state index contributed by atoms with van der Waals surface area (Å²) in [6.45, 7) is 0.477. The fourth-order valence-corrected chi connectivity index (χ4v) is 5.04. The standard InChI is InChI=1S/C24H27N5O4S/c1-29(2)15-18-14-19(10-12-25-18)34(31,32)28-24(30)27-23-20-6-4-5-16(20)7-8-21(23)17-9-11-26-22(13-17)33-3/h7-14H,4-6,15H2,1-3H3,(H2,27,28,30). The van der Waals surface area contributed by atoms with Crippen molar-refractivity contribution in [2.45, 2.75) is 30.7 Å². The van der Waals surface area contributed by atoms with Gasteiger partial charge in [0.25, 0.3) is 10.0 Å². The summed E-state index contributed by atoms with van der Waals surface area (Å²) in [5.41, 5.74) is 4.92. The van der Waals surface area contributed by atoms with Crippen LogP contribution in [-0.2, 0) is 29.4 Å². The summed E-state index contributed by atoms with van der Waals surface area (Å²) in [4.78, 5) is 23.1. The lowest BCUT2D eigenvalue weighted by molar-refractivity contribution is 0.256. The van der Waals surface area contributed by atoms with Gasteiger partial charge in [0.15, 0.2) is 0 Å². The average molecular weight is 482 g/mol. The number of aromatic nitrogens is 2. The van der Waals surface area contributed by atoms with Crippen molar-refractivity contribution in [1.82, 2.24) is 19.6 Å². The number of nitrogens with one attached hydrogen (secondary N) is 2. The summed E-state index contributed by atoms with van der Waals surface area (Å²) < 4.78 is 33.2. The highest BCUT2D eigenvalue weighted by Gasteiger charge is 2.23. The monoisotopic (exact) mass is 481 g/mol. The number of rotatable bonds is 7. The zero-order chi connectivity index (χ0) is 24.3. The van der Waals surface area contributed by atoms with E-state index in [1.54, 1.807) is 12.3 Å². The number of aryl methyl sites for hydroxylation is 1. The van der Waals surface area contributed by atoms with Crippen molar-refractivity contribution in [1.29, 1.82) is 0 Å². The molecule has 1 aliphatic rings. The zero-order valence-electron chi connectivity index (χ0n) is 19.3. The number of carbonyl (C=O) groups excluding carboxylic acids is 1. The van der Waals surface area contributed by atoms with Crippen LogP contribution < -0.4 is 14.8 Å². The van der Waals surface area contributed by atoms with E-state index >= 15 is 0 Å². The molecule has 10 heteroatoms. The molecule has 0 saturated carbocycles. The lowest BCUT2D eigenvalue weighted by Crippen LogP contribution is -2.35. The Kier molecular flexibility index (Phi) is 6.80. The highest BCUT2D eigenvalue weighted by molar-refractivity contribution is 7.90. The third-order valence-corrected chi connectivity index (χ3v) is 6.91. The Labute approximate surface area is 199 Å². The number of carbonyl (C=O) groups is 1. The molecule has 2 amide bonds.